The number of imidazole rings is 1. The van der Waals surface area contributed by atoms with E-state index in [1.165, 1.54) is 6.42 Å². The molecule has 2 aromatic rings. The minimum atomic E-state index is -0.160. The molecular weight excluding hydrogens is 278 g/mol. The highest BCUT2D eigenvalue weighted by molar-refractivity contribution is 5.81. The molecule has 5 heteroatoms. The van der Waals surface area contributed by atoms with Crippen LogP contribution in [0.3, 0.4) is 0 Å². The summed E-state index contributed by atoms with van der Waals surface area (Å²) in [6.07, 6.45) is 3.31. The first-order valence-electron chi connectivity index (χ1n) is 7.98. The Labute approximate surface area is 130 Å². The van der Waals surface area contributed by atoms with Crippen LogP contribution in [0, 0.1) is 0 Å². The second kappa shape index (κ2) is 6.08. The molecule has 1 amide bonds. The van der Waals surface area contributed by atoms with Crippen LogP contribution < -0.4 is 0 Å². The Morgan fingerprint density at radius 1 is 1.27 bits per heavy atom. The van der Waals surface area contributed by atoms with Gasteiger partial charge in [0, 0.05) is 12.1 Å². The second-order valence-corrected chi connectivity index (χ2v) is 6.19. The quantitative estimate of drug-likeness (QED) is 0.946. The number of aliphatic hydroxyl groups excluding tert-OH is 1. The first kappa shape index (κ1) is 15.0. The molecule has 22 heavy (non-hydrogen) atoms. The average Bonchev–Trinajstić information content (AvgIpc) is 2.85. The number of nitrogens with zero attached hydrogens (tertiary/aromatic N) is 3. The number of para-hydroxylation sites is 2. The van der Waals surface area contributed by atoms with Crippen LogP contribution in [0.15, 0.2) is 24.3 Å². The summed E-state index contributed by atoms with van der Waals surface area (Å²) >= 11 is 0. The number of piperidine rings is 1. The van der Waals surface area contributed by atoms with Gasteiger partial charge in [-0.15, -0.1) is 0 Å². The van der Waals surface area contributed by atoms with Crippen LogP contribution in [0.25, 0.3) is 11.0 Å². The third-order valence-corrected chi connectivity index (χ3v) is 4.65. The number of likely N-dealkylation sites (tertiary alicyclic amines) is 1. The Balaban J connectivity index is 1.90. The zero-order chi connectivity index (χ0) is 15.7. The van der Waals surface area contributed by atoms with Crippen molar-refractivity contribution in [2.75, 3.05) is 0 Å². The van der Waals surface area contributed by atoms with Gasteiger partial charge in [0.1, 0.15) is 19.0 Å². The number of hydrogen-bond acceptors (Lipinski definition) is 3. The first-order valence-corrected chi connectivity index (χ1v) is 7.98. The van der Waals surface area contributed by atoms with Gasteiger partial charge in [0.05, 0.1) is 11.0 Å². The van der Waals surface area contributed by atoms with Crippen LogP contribution in [-0.4, -0.2) is 37.5 Å². The molecule has 1 aliphatic heterocycles. The van der Waals surface area contributed by atoms with Gasteiger partial charge in [-0.3, -0.25) is 4.79 Å². The third-order valence-electron chi connectivity index (χ3n) is 4.65. The van der Waals surface area contributed by atoms with Crippen LogP contribution in [0.5, 0.6) is 0 Å². The third kappa shape index (κ3) is 2.61. The van der Waals surface area contributed by atoms with E-state index in [0.717, 1.165) is 23.9 Å². The number of aliphatic hydroxyl groups is 1. The molecule has 3 rings (SSSR count). The summed E-state index contributed by atoms with van der Waals surface area (Å²) < 4.78 is 1.84. The van der Waals surface area contributed by atoms with Crippen molar-refractivity contribution in [1.82, 2.24) is 14.5 Å². The van der Waals surface area contributed by atoms with Gasteiger partial charge in [-0.2, -0.15) is 0 Å². The van der Waals surface area contributed by atoms with Gasteiger partial charge in [-0.05, 0) is 45.2 Å². The minimum absolute atomic E-state index is 0.109. The van der Waals surface area contributed by atoms with E-state index >= 15 is 0 Å². The average molecular weight is 301 g/mol. The summed E-state index contributed by atoms with van der Waals surface area (Å²) in [5, 5.41) is 9.54. The number of fused-ring (bicyclic) bond motifs is 1. The summed E-state index contributed by atoms with van der Waals surface area (Å²) in [4.78, 5) is 19.2. The number of aromatic nitrogens is 2. The molecule has 1 aromatic carbocycles. The molecule has 1 aliphatic rings. The van der Waals surface area contributed by atoms with Crippen LogP contribution in [0.2, 0.25) is 0 Å². The minimum Gasteiger partial charge on any atom is -0.388 e. The smallest absolute Gasteiger partial charge is 0.243 e. The Morgan fingerprint density at radius 2 is 1.95 bits per heavy atom. The summed E-state index contributed by atoms with van der Waals surface area (Å²) in [7, 11) is 0. The lowest BCUT2D eigenvalue weighted by Gasteiger charge is -2.39. The number of carbonyl (C=O) groups is 1. The summed E-state index contributed by atoms with van der Waals surface area (Å²) in [6, 6.07) is 8.25. The molecule has 2 heterocycles. The zero-order valence-electron chi connectivity index (χ0n) is 13.2. The molecule has 5 nitrogen and oxygen atoms in total. The number of carbonyl (C=O) groups excluding carboxylic acids is 1. The van der Waals surface area contributed by atoms with Crippen LogP contribution in [0.4, 0.5) is 0 Å². The van der Waals surface area contributed by atoms with Crippen molar-refractivity contribution in [2.45, 2.75) is 58.3 Å². The predicted molar refractivity (Wildman–Crippen MR) is 85.3 cm³/mol. The molecule has 1 aromatic heterocycles. The fourth-order valence-corrected chi connectivity index (χ4v) is 3.55. The highest BCUT2D eigenvalue weighted by atomic mass is 16.3. The molecule has 1 saturated heterocycles. The Hall–Kier alpha value is -1.88. The molecule has 0 saturated carbocycles. The number of hydrogen-bond donors (Lipinski definition) is 1. The molecule has 2 unspecified atom stereocenters. The van der Waals surface area contributed by atoms with Crippen molar-refractivity contribution >= 4 is 16.9 Å². The van der Waals surface area contributed by atoms with Gasteiger partial charge < -0.3 is 14.6 Å². The summed E-state index contributed by atoms with van der Waals surface area (Å²) in [5.41, 5.74) is 1.72. The monoisotopic (exact) mass is 301 g/mol. The lowest BCUT2D eigenvalue weighted by molar-refractivity contribution is -0.137. The standard InChI is InChI=1S/C17H23N3O2/c1-12-6-5-7-13(2)20(12)17(22)10-19-15-9-4-3-8-14(15)18-16(19)11-21/h3-4,8-9,12-13,21H,5-7,10-11H2,1-2H3. The van der Waals surface area contributed by atoms with Crippen LogP contribution in [-0.2, 0) is 17.9 Å². The number of benzene rings is 1. The molecular formula is C17H23N3O2. The van der Waals surface area contributed by atoms with E-state index in [2.05, 4.69) is 18.8 Å². The van der Waals surface area contributed by atoms with Gasteiger partial charge >= 0.3 is 0 Å². The van der Waals surface area contributed by atoms with E-state index in [9.17, 15) is 9.90 Å². The second-order valence-electron chi connectivity index (χ2n) is 6.19. The summed E-state index contributed by atoms with van der Waals surface area (Å²) in [5.74, 6) is 0.657. The Bertz CT molecular complexity index is 670. The lowest BCUT2D eigenvalue weighted by Crippen LogP contribution is -2.48. The van der Waals surface area contributed by atoms with Crippen molar-refractivity contribution < 1.29 is 9.90 Å². The van der Waals surface area contributed by atoms with Crippen molar-refractivity contribution in [3.63, 3.8) is 0 Å². The molecule has 118 valence electrons. The van der Waals surface area contributed by atoms with Crippen molar-refractivity contribution in [1.29, 1.82) is 0 Å². The lowest BCUT2D eigenvalue weighted by atomic mass is 9.97. The van der Waals surface area contributed by atoms with Gasteiger partial charge in [0.2, 0.25) is 5.91 Å². The molecule has 1 fully saturated rings. The topological polar surface area (TPSA) is 58.4 Å². The highest BCUT2D eigenvalue weighted by Gasteiger charge is 2.29. The predicted octanol–water partition coefficient (Wildman–Crippen LogP) is 2.32. The fourth-order valence-electron chi connectivity index (χ4n) is 3.55. The maximum atomic E-state index is 12.8. The van der Waals surface area contributed by atoms with Crippen molar-refractivity contribution in [3.05, 3.63) is 30.1 Å². The number of rotatable bonds is 3. The van der Waals surface area contributed by atoms with Crippen LogP contribution >= 0.6 is 0 Å². The number of amides is 1. The molecule has 0 spiro atoms. The molecule has 1 N–H and O–H groups in total. The Kier molecular flexibility index (Phi) is 4.16. The van der Waals surface area contributed by atoms with E-state index in [1.54, 1.807) is 0 Å². The Morgan fingerprint density at radius 3 is 2.64 bits per heavy atom. The van der Waals surface area contributed by atoms with Crippen molar-refractivity contribution in [3.8, 4) is 0 Å². The van der Waals surface area contributed by atoms with E-state index < -0.39 is 0 Å². The molecule has 0 radical (unpaired) electrons. The van der Waals surface area contributed by atoms with Crippen molar-refractivity contribution in [2.24, 2.45) is 0 Å². The highest BCUT2D eigenvalue weighted by Crippen LogP contribution is 2.24. The van der Waals surface area contributed by atoms with Gasteiger partial charge in [-0.1, -0.05) is 12.1 Å². The van der Waals surface area contributed by atoms with Gasteiger partial charge in [0.25, 0.3) is 0 Å². The fraction of sp³-hybridized carbons (Fsp3) is 0.529. The largest absolute Gasteiger partial charge is 0.388 e. The maximum Gasteiger partial charge on any atom is 0.243 e. The molecule has 0 bridgehead atoms. The van der Waals surface area contributed by atoms with Gasteiger partial charge in [0.15, 0.2) is 0 Å². The van der Waals surface area contributed by atoms with E-state index in [-0.39, 0.29) is 31.1 Å². The normalized spacial score (nSPS) is 22.2. The SMILES string of the molecule is CC1CCCC(C)N1C(=O)Cn1c(CO)nc2ccccc21. The van der Waals surface area contributed by atoms with Gasteiger partial charge in [-0.25, -0.2) is 4.98 Å². The zero-order valence-corrected chi connectivity index (χ0v) is 13.2. The molecule has 2 atom stereocenters. The van der Waals surface area contributed by atoms with E-state index in [1.807, 2.05) is 33.7 Å². The maximum absolute atomic E-state index is 12.8. The summed E-state index contributed by atoms with van der Waals surface area (Å²) in [6.45, 7) is 4.32. The van der Waals surface area contributed by atoms with Crippen LogP contribution in [0.1, 0.15) is 38.9 Å². The molecule has 0 aliphatic carbocycles. The van der Waals surface area contributed by atoms with E-state index in [4.69, 9.17) is 0 Å². The van der Waals surface area contributed by atoms with E-state index in [0.29, 0.717) is 5.82 Å². The first-order chi connectivity index (χ1) is 10.6.